The molecule has 0 aliphatic carbocycles. The zero-order valence-corrected chi connectivity index (χ0v) is 13.9. The average molecular weight is 320 g/mol. The second kappa shape index (κ2) is 6.71. The number of aryl methyl sites for hydroxylation is 1. The Bertz CT molecular complexity index is 905. The minimum atomic E-state index is -0.898. The molecule has 3 rings (SSSR count). The molecule has 0 fully saturated rings. The molecule has 1 aromatic heterocycles. The van der Waals surface area contributed by atoms with Crippen LogP contribution in [-0.4, -0.2) is 20.6 Å². The Morgan fingerprint density at radius 1 is 1.08 bits per heavy atom. The fraction of sp³-hybridized carbons (Fsp3) is 0.200. The van der Waals surface area contributed by atoms with Crippen molar-refractivity contribution in [2.45, 2.75) is 26.7 Å². The summed E-state index contributed by atoms with van der Waals surface area (Å²) in [5, 5.41) is 9.69. The van der Waals surface area contributed by atoms with Crippen molar-refractivity contribution in [2.75, 3.05) is 0 Å². The largest absolute Gasteiger partial charge is 0.478 e. The molecule has 0 amide bonds. The highest BCUT2D eigenvalue weighted by molar-refractivity contribution is 5.98. The Morgan fingerprint density at radius 3 is 2.42 bits per heavy atom. The summed E-state index contributed by atoms with van der Waals surface area (Å²) < 4.78 is 1.88. The minimum Gasteiger partial charge on any atom is -0.478 e. The number of hydrogen-bond acceptors (Lipinski definition) is 2. The monoisotopic (exact) mass is 320 g/mol. The maximum atomic E-state index is 11.8. The Labute approximate surface area is 141 Å². The topological polar surface area (TPSA) is 55.1 Å². The number of imidazole rings is 1. The van der Waals surface area contributed by atoms with Crippen LogP contribution in [0.2, 0.25) is 0 Å². The van der Waals surface area contributed by atoms with Gasteiger partial charge in [-0.05, 0) is 36.1 Å². The van der Waals surface area contributed by atoms with Gasteiger partial charge in [-0.15, -0.1) is 0 Å². The van der Waals surface area contributed by atoms with Gasteiger partial charge in [0.2, 0.25) is 0 Å². The second-order valence-electron chi connectivity index (χ2n) is 5.64. The quantitative estimate of drug-likeness (QED) is 0.711. The number of carboxylic acids is 1. The van der Waals surface area contributed by atoms with E-state index in [0.29, 0.717) is 17.7 Å². The van der Waals surface area contributed by atoms with Crippen molar-refractivity contribution in [3.63, 3.8) is 0 Å². The molecule has 3 aromatic rings. The van der Waals surface area contributed by atoms with Gasteiger partial charge in [0, 0.05) is 0 Å². The normalized spacial score (nSPS) is 12.2. The summed E-state index contributed by atoms with van der Waals surface area (Å²) in [4.78, 5) is 16.2. The third-order valence-electron chi connectivity index (χ3n) is 4.23. The van der Waals surface area contributed by atoms with Gasteiger partial charge in [0.1, 0.15) is 6.33 Å². The molecular formula is C20H20N2O2. The van der Waals surface area contributed by atoms with Crippen LogP contribution in [0.5, 0.6) is 0 Å². The molecule has 0 aliphatic heterocycles. The number of hydrogen-bond donors (Lipinski definition) is 1. The van der Waals surface area contributed by atoms with E-state index in [2.05, 4.69) is 11.9 Å². The summed E-state index contributed by atoms with van der Waals surface area (Å²) in [5.74, 6) is -0.898. The number of para-hydroxylation sites is 2. The Balaban J connectivity index is 2.28. The van der Waals surface area contributed by atoms with Crippen molar-refractivity contribution in [3.8, 4) is 0 Å². The number of fused-ring (bicyclic) bond motifs is 1. The van der Waals surface area contributed by atoms with Gasteiger partial charge in [-0.25, -0.2) is 9.78 Å². The van der Waals surface area contributed by atoms with Crippen LogP contribution < -0.4 is 0 Å². The van der Waals surface area contributed by atoms with Gasteiger partial charge >= 0.3 is 5.97 Å². The van der Waals surface area contributed by atoms with Crippen molar-refractivity contribution in [1.82, 2.24) is 9.55 Å². The zero-order valence-electron chi connectivity index (χ0n) is 13.9. The first-order chi connectivity index (χ1) is 11.7. The minimum absolute atomic E-state index is 0.377. The van der Waals surface area contributed by atoms with Crippen LogP contribution in [0.25, 0.3) is 16.7 Å². The molecule has 0 spiro atoms. The summed E-state index contributed by atoms with van der Waals surface area (Å²) in [5.41, 5.74) is 4.92. The highest BCUT2D eigenvalue weighted by atomic mass is 16.4. The summed E-state index contributed by atoms with van der Waals surface area (Å²) >= 11 is 0. The van der Waals surface area contributed by atoms with Crippen molar-refractivity contribution < 1.29 is 9.90 Å². The van der Waals surface area contributed by atoms with E-state index < -0.39 is 5.97 Å². The lowest BCUT2D eigenvalue weighted by Crippen LogP contribution is -2.09. The maximum Gasteiger partial charge on any atom is 0.333 e. The van der Waals surface area contributed by atoms with Crippen LogP contribution in [0.4, 0.5) is 0 Å². The van der Waals surface area contributed by atoms with E-state index in [4.69, 9.17) is 0 Å². The lowest BCUT2D eigenvalue weighted by Gasteiger charge is -2.15. The number of carboxylic acid groups (broad SMARTS) is 1. The Kier molecular flexibility index (Phi) is 4.47. The molecular weight excluding hydrogens is 300 g/mol. The van der Waals surface area contributed by atoms with Crippen LogP contribution in [0, 0.1) is 0 Å². The number of benzene rings is 2. The fourth-order valence-electron chi connectivity index (χ4n) is 2.91. The van der Waals surface area contributed by atoms with Crippen LogP contribution in [-0.2, 0) is 11.2 Å². The molecule has 0 saturated carbocycles. The van der Waals surface area contributed by atoms with Crippen LogP contribution >= 0.6 is 0 Å². The molecule has 0 saturated heterocycles. The molecule has 1 N–H and O–H groups in total. The molecule has 0 aliphatic rings. The number of nitrogens with zero attached hydrogens (tertiary/aromatic N) is 2. The number of aromatic nitrogens is 2. The van der Waals surface area contributed by atoms with Gasteiger partial charge in [0.05, 0.1) is 22.3 Å². The fourth-order valence-corrected chi connectivity index (χ4v) is 2.91. The first-order valence-corrected chi connectivity index (χ1v) is 8.13. The van der Waals surface area contributed by atoms with Gasteiger partial charge in [0.25, 0.3) is 0 Å². The molecule has 1 heterocycles. The molecule has 0 atom stereocenters. The number of aliphatic carboxylic acids is 1. The Hall–Kier alpha value is -2.88. The highest BCUT2D eigenvalue weighted by Gasteiger charge is 2.18. The van der Waals surface area contributed by atoms with Gasteiger partial charge in [-0.3, -0.25) is 4.57 Å². The average Bonchev–Trinajstić information content (AvgIpc) is 3.03. The highest BCUT2D eigenvalue weighted by Crippen LogP contribution is 2.27. The van der Waals surface area contributed by atoms with Crippen molar-refractivity contribution >= 4 is 22.7 Å². The SMILES string of the molecule is CC/C(C(=O)O)=C(/c1ccc(CC)cc1)n1cnc2ccccc21. The van der Waals surface area contributed by atoms with Gasteiger partial charge in [-0.1, -0.05) is 50.2 Å². The molecule has 4 heteroatoms. The summed E-state index contributed by atoms with van der Waals surface area (Å²) in [7, 11) is 0. The van der Waals surface area contributed by atoms with Crippen LogP contribution in [0.3, 0.4) is 0 Å². The Morgan fingerprint density at radius 2 is 1.79 bits per heavy atom. The predicted molar refractivity (Wildman–Crippen MR) is 95.8 cm³/mol. The molecule has 4 nitrogen and oxygen atoms in total. The van der Waals surface area contributed by atoms with E-state index in [0.717, 1.165) is 23.0 Å². The standard InChI is InChI=1S/C20H20N2O2/c1-3-14-9-11-15(12-10-14)19(16(4-2)20(23)24)22-13-21-17-7-5-6-8-18(17)22/h5-13H,3-4H2,1-2H3,(H,23,24)/b19-16+. The summed E-state index contributed by atoms with van der Waals surface area (Å²) in [6, 6.07) is 15.8. The van der Waals surface area contributed by atoms with Gasteiger partial charge < -0.3 is 5.11 Å². The first-order valence-electron chi connectivity index (χ1n) is 8.13. The van der Waals surface area contributed by atoms with Crippen molar-refractivity contribution in [1.29, 1.82) is 0 Å². The van der Waals surface area contributed by atoms with E-state index in [9.17, 15) is 9.90 Å². The van der Waals surface area contributed by atoms with E-state index in [1.807, 2.05) is 60.0 Å². The lowest BCUT2D eigenvalue weighted by atomic mass is 10.0. The third kappa shape index (κ3) is 2.83. The number of carbonyl (C=O) groups is 1. The third-order valence-corrected chi connectivity index (χ3v) is 4.23. The molecule has 122 valence electrons. The molecule has 2 aromatic carbocycles. The van der Waals surface area contributed by atoms with E-state index in [1.165, 1.54) is 5.56 Å². The molecule has 0 radical (unpaired) electrons. The lowest BCUT2D eigenvalue weighted by molar-refractivity contribution is -0.132. The summed E-state index contributed by atoms with van der Waals surface area (Å²) in [6.45, 7) is 3.97. The first kappa shape index (κ1) is 16.0. The van der Waals surface area contributed by atoms with Crippen molar-refractivity contribution in [2.24, 2.45) is 0 Å². The molecule has 0 bridgehead atoms. The zero-order chi connectivity index (χ0) is 17.1. The van der Waals surface area contributed by atoms with E-state index in [1.54, 1.807) is 6.33 Å². The van der Waals surface area contributed by atoms with Crippen LogP contribution in [0.1, 0.15) is 31.4 Å². The summed E-state index contributed by atoms with van der Waals surface area (Å²) in [6.07, 6.45) is 3.09. The molecule has 0 unspecified atom stereocenters. The van der Waals surface area contributed by atoms with Crippen LogP contribution in [0.15, 0.2) is 60.4 Å². The second-order valence-corrected chi connectivity index (χ2v) is 5.64. The van der Waals surface area contributed by atoms with Crippen molar-refractivity contribution in [3.05, 3.63) is 71.6 Å². The number of rotatable bonds is 5. The van der Waals surface area contributed by atoms with E-state index in [-0.39, 0.29) is 0 Å². The predicted octanol–water partition coefficient (Wildman–Crippen LogP) is 4.35. The molecule has 24 heavy (non-hydrogen) atoms. The van der Waals surface area contributed by atoms with E-state index >= 15 is 0 Å². The van der Waals surface area contributed by atoms with Gasteiger partial charge in [0.15, 0.2) is 0 Å². The van der Waals surface area contributed by atoms with Gasteiger partial charge in [-0.2, -0.15) is 0 Å². The smallest absolute Gasteiger partial charge is 0.333 e. The maximum absolute atomic E-state index is 11.8.